The van der Waals surface area contributed by atoms with Gasteiger partial charge in [-0.05, 0) is 38.9 Å². The first-order chi connectivity index (χ1) is 13.1. The van der Waals surface area contributed by atoms with E-state index in [-0.39, 0.29) is 0 Å². The van der Waals surface area contributed by atoms with Gasteiger partial charge in [-0.3, -0.25) is 4.90 Å². The van der Waals surface area contributed by atoms with Crippen LogP contribution in [0.1, 0.15) is 31.9 Å². The highest BCUT2D eigenvalue weighted by molar-refractivity contribution is 5.79. The van der Waals surface area contributed by atoms with Crippen molar-refractivity contribution in [3.63, 3.8) is 0 Å². The average molecular weight is 376 g/mol. The number of hydrogen-bond acceptors (Lipinski definition) is 4. The second kappa shape index (κ2) is 12.0. The van der Waals surface area contributed by atoms with Crippen LogP contribution in [0.5, 0.6) is 0 Å². The molecule has 1 saturated heterocycles. The maximum atomic E-state index is 5.46. The summed E-state index contributed by atoms with van der Waals surface area (Å²) in [4.78, 5) is 9.60. The molecule has 0 amide bonds. The molecular formula is C21H37N5O. The topological polar surface area (TPSA) is 52.1 Å². The highest BCUT2D eigenvalue weighted by Gasteiger charge is 2.12. The second-order valence-corrected chi connectivity index (χ2v) is 7.35. The number of guanidine groups is 1. The number of aliphatic imine (C=N–C) groups is 1. The number of likely N-dealkylation sites (N-methyl/N-ethyl adjacent to an activating group) is 1. The van der Waals surface area contributed by atoms with Gasteiger partial charge in [0, 0.05) is 45.3 Å². The molecule has 1 aromatic rings. The Labute approximate surface area is 165 Å². The number of rotatable bonds is 9. The predicted octanol–water partition coefficient (Wildman–Crippen LogP) is 1.91. The lowest BCUT2D eigenvalue weighted by Crippen LogP contribution is -2.42. The van der Waals surface area contributed by atoms with E-state index in [1.165, 1.54) is 11.1 Å². The lowest BCUT2D eigenvalue weighted by molar-refractivity contribution is 0.0341. The Kier molecular flexibility index (Phi) is 9.59. The Hall–Kier alpha value is -1.63. The largest absolute Gasteiger partial charge is 0.379 e. The quantitative estimate of drug-likeness (QED) is 0.510. The molecule has 1 aromatic carbocycles. The molecule has 0 aliphatic carbocycles. The van der Waals surface area contributed by atoms with Crippen LogP contribution < -0.4 is 10.6 Å². The van der Waals surface area contributed by atoms with Crippen LogP contribution in [-0.2, 0) is 17.8 Å². The van der Waals surface area contributed by atoms with E-state index in [9.17, 15) is 0 Å². The third-order valence-corrected chi connectivity index (χ3v) is 5.01. The molecule has 1 aliphatic rings. The minimum absolute atomic E-state index is 0.554. The molecule has 2 N–H and O–H groups in total. The fraction of sp³-hybridized carbons (Fsp3) is 0.667. The smallest absolute Gasteiger partial charge is 0.191 e. The van der Waals surface area contributed by atoms with Crippen LogP contribution in [0.25, 0.3) is 0 Å². The van der Waals surface area contributed by atoms with Crippen molar-refractivity contribution in [2.45, 2.75) is 39.9 Å². The van der Waals surface area contributed by atoms with Crippen molar-refractivity contribution in [2.75, 3.05) is 53.0 Å². The van der Waals surface area contributed by atoms with Crippen LogP contribution in [0.2, 0.25) is 0 Å². The summed E-state index contributed by atoms with van der Waals surface area (Å²) in [6, 6.07) is 9.19. The maximum absolute atomic E-state index is 5.46. The van der Waals surface area contributed by atoms with E-state index in [0.29, 0.717) is 12.6 Å². The minimum atomic E-state index is 0.554. The first kappa shape index (κ1) is 21.7. The highest BCUT2D eigenvalue weighted by Crippen LogP contribution is 2.14. The SMILES string of the molecule is CCNC(=NCc1ccccc1CN1CCOCC1)NCCN(C)C(C)C. The van der Waals surface area contributed by atoms with Crippen molar-refractivity contribution >= 4 is 5.96 Å². The second-order valence-electron chi connectivity index (χ2n) is 7.35. The molecule has 0 bridgehead atoms. The number of hydrogen-bond donors (Lipinski definition) is 2. The van der Waals surface area contributed by atoms with Gasteiger partial charge in [-0.2, -0.15) is 0 Å². The maximum Gasteiger partial charge on any atom is 0.191 e. The average Bonchev–Trinajstić information content (AvgIpc) is 2.67. The first-order valence-electron chi connectivity index (χ1n) is 10.2. The van der Waals surface area contributed by atoms with Crippen LogP contribution >= 0.6 is 0 Å². The molecule has 0 atom stereocenters. The Balaban J connectivity index is 1.93. The van der Waals surface area contributed by atoms with Gasteiger partial charge in [-0.25, -0.2) is 4.99 Å². The molecule has 1 heterocycles. The van der Waals surface area contributed by atoms with Gasteiger partial charge >= 0.3 is 0 Å². The molecule has 0 aromatic heterocycles. The van der Waals surface area contributed by atoms with E-state index in [4.69, 9.17) is 9.73 Å². The van der Waals surface area contributed by atoms with Crippen molar-refractivity contribution in [1.29, 1.82) is 0 Å². The summed E-state index contributed by atoms with van der Waals surface area (Å²) in [6.45, 7) is 14.6. The van der Waals surface area contributed by atoms with Crippen molar-refractivity contribution in [3.05, 3.63) is 35.4 Å². The van der Waals surface area contributed by atoms with E-state index in [2.05, 4.69) is 72.5 Å². The molecule has 1 aliphatic heterocycles. The third-order valence-electron chi connectivity index (χ3n) is 5.01. The minimum Gasteiger partial charge on any atom is -0.379 e. The Morgan fingerprint density at radius 3 is 2.56 bits per heavy atom. The molecule has 0 spiro atoms. The van der Waals surface area contributed by atoms with Crippen LogP contribution in [0.3, 0.4) is 0 Å². The van der Waals surface area contributed by atoms with Gasteiger partial charge in [0.1, 0.15) is 0 Å². The van der Waals surface area contributed by atoms with E-state index in [1.807, 2.05) is 0 Å². The normalized spacial score (nSPS) is 16.1. The van der Waals surface area contributed by atoms with Gasteiger partial charge in [0.25, 0.3) is 0 Å². The lowest BCUT2D eigenvalue weighted by Gasteiger charge is -2.27. The summed E-state index contributed by atoms with van der Waals surface area (Å²) >= 11 is 0. The molecule has 152 valence electrons. The zero-order valence-electron chi connectivity index (χ0n) is 17.5. The summed E-state index contributed by atoms with van der Waals surface area (Å²) in [5.74, 6) is 0.885. The standard InChI is InChI=1S/C21H37N5O/c1-5-22-21(23-10-11-25(4)18(2)3)24-16-19-8-6-7-9-20(19)17-26-12-14-27-15-13-26/h6-9,18H,5,10-17H2,1-4H3,(H2,22,23,24). The van der Waals surface area contributed by atoms with Gasteiger partial charge < -0.3 is 20.3 Å². The molecule has 2 rings (SSSR count). The van der Waals surface area contributed by atoms with Gasteiger partial charge in [-0.15, -0.1) is 0 Å². The van der Waals surface area contributed by atoms with Gasteiger partial charge in [0.15, 0.2) is 5.96 Å². The van der Waals surface area contributed by atoms with Crippen LogP contribution in [0.15, 0.2) is 29.3 Å². The van der Waals surface area contributed by atoms with Crippen molar-refractivity contribution in [2.24, 2.45) is 4.99 Å². The van der Waals surface area contributed by atoms with Crippen LogP contribution in [0, 0.1) is 0 Å². The van der Waals surface area contributed by atoms with E-state index in [1.54, 1.807) is 0 Å². The molecule has 0 saturated carbocycles. The van der Waals surface area contributed by atoms with E-state index in [0.717, 1.165) is 58.4 Å². The summed E-state index contributed by atoms with van der Waals surface area (Å²) in [5.41, 5.74) is 2.65. The molecule has 0 unspecified atom stereocenters. The van der Waals surface area contributed by atoms with E-state index < -0.39 is 0 Å². The van der Waals surface area contributed by atoms with Crippen molar-refractivity contribution in [3.8, 4) is 0 Å². The summed E-state index contributed by atoms with van der Waals surface area (Å²) in [6.07, 6.45) is 0. The zero-order chi connectivity index (χ0) is 19.5. The predicted molar refractivity (Wildman–Crippen MR) is 113 cm³/mol. The van der Waals surface area contributed by atoms with Gasteiger partial charge in [0.05, 0.1) is 19.8 Å². The van der Waals surface area contributed by atoms with Crippen LogP contribution in [0.4, 0.5) is 0 Å². The third kappa shape index (κ3) is 7.87. The lowest BCUT2D eigenvalue weighted by atomic mass is 10.1. The number of ether oxygens (including phenoxy) is 1. The monoisotopic (exact) mass is 375 g/mol. The van der Waals surface area contributed by atoms with Crippen molar-refractivity contribution < 1.29 is 4.74 Å². The number of benzene rings is 1. The molecule has 6 heteroatoms. The fourth-order valence-corrected chi connectivity index (χ4v) is 2.98. The highest BCUT2D eigenvalue weighted by atomic mass is 16.5. The molecule has 1 fully saturated rings. The molecular weight excluding hydrogens is 338 g/mol. The van der Waals surface area contributed by atoms with Gasteiger partial charge in [0.2, 0.25) is 0 Å². The Morgan fingerprint density at radius 2 is 1.89 bits per heavy atom. The molecule has 27 heavy (non-hydrogen) atoms. The number of morpholine rings is 1. The zero-order valence-corrected chi connectivity index (χ0v) is 17.5. The van der Waals surface area contributed by atoms with E-state index >= 15 is 0 Å². The summed E-state index contributed by atoms with van der Waals surface area (Å²) < 4.78 is 5.46. The summed E-state index contributed by atoms with van der Waals surface area (Å²) in [7, 11) is 2.15. The number of nitrogens with one attached hydrogen (secondary N) is 2. The Morgan fingerprint density at radius 1 is 1.19 bits per heavy atom. The number of nitrogens with zero attached hydrogens (tertiary/aromatic N) is 3. The molecule has 6 nitrogen and oxygen atoms in total. The van der Waals surface area contributed by atoms with Crippen LogP contribution in [-0.4, -0.2) is 74.8 Å². The summed E-state index contributed by atoms with van der Waals surface area (Å²) in [5, 5.41) is 6.80. The fourth-order valence-electron chi connectivity index (χ4n) is 2.98. The molecule has 0 radical (unpaired) electrons. The Bertz CT molecular complexity index is 569. The van der Waals surface area contributed by atoms with Crippen molar-refractivity contribution in [1.82, 2.24) is 20.4 Å². The van der Waals surface area contributed by atoms with Gasteiger partial charge in [-0.1, -0.05) is 24.3 Å². The first-order valence-corrected chi connectivity index (χ1v) is 10.2.